The van der Waals surface area contributed by atoms with Gasteiger partial charge in [0.1, 0.15) is 5.76 Å². The molecular formula is C18H29N5O3. The summed E-state index contributed by atoms with van der Waals surface area (Å²) in [7, 11) is 0. The molecule has 1 aliphatic heterocycles. The van der Waals surface area contributed by atoms with E-state index in [9.17, 15) is 9.59 Å². The summed E-state index contributed by atoms with van der Waals surface area (Å²) < 4.78 is 5.09. The van der Waals surface area contributed by atoms with Gasteiger partial charge in [0.05, 0.1) is 5.69 Å². The highest BCUT2D eigenvalue weighted by atomic mass is 16.5. The second kappa shape index (κ2) is 9.02. The monoisotopic (exact) mass is 363 g/mol. The molecule has 8 heteroatoms. The molecule has 0 atom stereocenters. The van der Waals surface area contributed by atoms with Crippen LogP contribution in [0.25, 0.3) is 0 Å². The van der Waals surface area contributed by atoms with E-state index >= 15 is 0 Å². The van der Waals surface area contributed by atoms with Crippen LogP contribution in [0.1, 0.15) is 43.6 Å². The van der Waals surface area contributed by atoms with Gasteiger partial charge in [0.2, 0.25) is 5.91 Å². The van der Waals surface area contributed by atoms with Crippen molar-refractivity contribution in [1.29, 1.82) is 0 Å². The Balaban J connectivity index is 1.30. The van der Waals surface area contributed by atoms with Crippen LogP contribution in [0.4, 0.5) is 4.79 Å². The molecule has 0 aromatic carbocycles. The molecule has 3 rings (SSSR count). The van der Waals surface area contributed by atoms with Crippen molar-refractivity contribution in [2.45, 2.75) is 51.6 Å². The van der Waals surface area contributed by atoms with E-state index in [1.54, 1.807) is 4.90 Å². The number of hydrogen-bond acceptors (Lipinski definition) is 5. The first-order valence-electron chi connectivity index (χ1n) is 9.57. The Morgan fingerprint density at radius 3 is 2.62 bits per heavy atom. The molecule has 144 valence electrons. The predicted molar refractivity (Wildman–Crippen MR) is 96.5 cm³/mol. The van der Waals surface area contributed by atoms with Gasteiger partial charge in [-0.1, -0.05) is 18.0 Å². The summed E-state index contributed by atoms with van der Waals surface area (Å²) in [6.45, 7) is 5.98. The average Bonchev–Trinajstić information content (AvgIpc) is 3.27. The molecule has 2 N–H and O–H groups in total. The third kappa shape index (κ3) is 5.45. The zero-order chi connectivity index (χ0) is 18.4. The molecule has 2 aliphatic rings. The number of nitrogens with one attached hydrogen (secondary N) is 2. The summed E-state index contributed by atoms with van der Waals surface area (Å²) in [5.74, 6) is 0.847. The first-order valence-corrected chi connectivity index (χ1v) is 9.57. The van der Waals surface area contributed by atoms with Crippen LogP contribution in [0.2, 0.25) is 0 Å². The van der Waals surface area contributed by atoms with Gasteiger partial charge < -0.3 is 20.1 Å². The van der Waals surface area contributed by atoms with Gasteiger partial charge in [0.25, 0.3) is 0 Å². The Bertz CT molecular complexity index is 604. The van der Waals surface area contributed by atoms with Gasteiger partial charge in [-0.05, 0) is 19.8 Å². The zero-order valence-electron chi connectivity index (χ0n) is 15.5. The second-order valence-electron chi connectivity index (χ2n) is 7.22. The van der Waals surface area contributed by atoms with E-state index in [1.165, 1.54) is 12.8 Å². The highest BCUT2D eigenvalue weighted by Crippen LogP contribution is 2.17. The number of aromatic nitrogens is 1. The minimum absolute atomic E-state index is 0.0323. The van der Waals surface area contributed by atoms with Gasteiger partial charge in [-0.25, -0.2) is 4.79 Å². The molecule has 0 unspecified atom stereocenters. The summed E-state index contributed by atoms with van der Waals surface area (Å²) in [4.78, 5) is 28.2. The average molecular weight is 363 g/mol. The Labute approximate surface area is 154 Å². The van der Waals surface area contributed by atoms with Crippen LogP contribution in [0, 0.1) is 6.92 Å². The van der Waals surface area contributed by atoms with Gasteiger partial charge in [-0.3, -0.25) is 9.69 Å². The van der Waals surface area contributed by atoms with Gasteiger partial charge in [0, 0.05) is 57.8 Å². The molecule has 1 saturated heterocycles. The molecule has 1 aromatic rings. The number of piperazine rings is 1. The number of urea groups is 1. The van der Waals surface area contributed by atoms with Crippen LogP contribution >= 0.6 is 0 Å². The van der Waals surface area contributed by atoms with Crippen molar-refractivity contribution in [2.75, 3.05) is 32.7 Å². The van der Waals surface area contributed by atoms with Crippen molar-refractivity contribution in [2.24, 2.45) is 0 Å². The van der Waals surface area contributed by atoms with Gasteiger partial charge in [-0.15, -0.1) is 0 Å². The van der Waals surface area contributed by atoms with Crippen LogP contribution in [-0.4, -0.2) is 65.7 Å². The quantitative estimate of drug-likeness (QED) is 0.794. The molecular weight excluding hydrogens is 334 g/mol. The predicted octanol–water partition coefficient (Wildman–Crippen LogP) is 1.26. The van der Waals surface area contributed by atoms with E-state index in [2.05, 4.69) is 20.7 Å². The van der Waals surface area contributed by atoms with Crippen LogP contribution in [0.5, 0.6) is 0 Å². The highest BCUT2D eigenvalue weighted by Gasteiger charge is 2.22. The normalized spacial score (nSPS) is 18.9. The van der Waals surface area contributed by atoms with E-state index in [4.69, 9.17) is 4.52 Å². The maximum atomic E-state index is 12.2. The molecule has 0 spiro atoms. The smallest absolute Gasteiger partial charge is 0.317 e. The van der Waals surface area contributed by atoms with Gasteiger partial charge in [0.15, 0.2) is 0 Å². The topological polar surface area (TPSA) is 90.7 Å². The lowest BCUT2D eigenvalue weighted by molar-refractivity contribution is -0.121. The largest absolute Gasteiger partial charge is 0.361 e. The molecule has 2 heterocycles. The van der Waals surface area contributed by atoms with Crippen molar-refractivity contribution < 1.29 is 14.1 Å². The van der Waals surface area contributed by atoms with Crippen molar-refractivity contribution >= 4 is 11.9 Å². The fourth-order valence-corrected chi connectivity index (χ4v) is 3.60. The van der Waals surface area contributed by atoms with E-state index in [-0.39, 0.29) is 11.9 Å². The van der Waals surface area contributed by atoms with E-state index in [0.29, 0.717) is 32.1 Å². The molecule has 1 saturated carbocycles. The molecule has 0 radical (unpaired) electrons. The summed E-state index contributed by atoms with van der Waals surface area (Å²) >= 11 is 0. The standard InChI is InChI=1S/C18H29N5O3/c1-14-12-16(21-26-14)13-22-8-10-23(11-9-22)18(25)19-7-6-17(24)20-15-4-2-3-5-15/h12,15H,2-11,13H2,1H3,(H,19,25)(H,20,24). The number of rotatable bonds is 6. The van der Waals surface area contributed by atoms with Crippen molar-refractivity contribution in [3.63, 3.8) is 0 Å². The molecule has 2 fully saturated rings. The first-order chi connectivity index (χ1) is 12.6. The lowest BCUT2D eigenvalue weighted by Crippen LogP contribution is -2.51. The van der Waals surface area contributed by atoms with Crippen LogP contribution in [0.3, 0.4) is 0 Å². The molecule has 3 amide bonds. The SMILES string of the molecule is Cc1cc(CN2CCN(C(=O)NCCC(=O)NC3CCCC3)CC2)no1. The van der Waals surface area contributed by atoms with E-state index < -0.39 is 0 Å². The second-order valence-corrected chi connectivity index (χ2v) is 7.22. The van der Waals surface area contributed by atoms with E-state index in [0.717, 1.165) is 43.9 Å². The minimum Gasteiger partial charge on any atom is -0.361 e. The van der Waals surface area contributed by atoms with Crippen LogP contribution < -0.4 is 10.6 Å². The molecule has 26 heavy (non-hydrogen) atoms. The lowest BCUT2D eigenvalue weighted by Gasteiger charge is -2.34. The molecule has 1 aromatic heterocycles. The Hall–Kier alpha value is -2.09. The van der Waals surface area contributed by atoms with Crippen LogP contribution in [0.15, 0.2) is 10.6 Å². The van der Waals surface area contributed by atoms with Crippen molar-refractivity contribution in [1.82, 2.24) is 25.6 Å². The number of aryl methyl sites for hydroxylation is 1. The Kier molecular flexibility index (Phi) is 6.49. The Morgan fingerprint density at radius 2 is 1.96 bits per heavy atom. The zero-order valence-corrected chi connectivity index (χ0v) is 15.5. The number of carbonyl (C=O) groups is 2. The van der Waals surface area contributed by atoms with E-state index in [1.807, 2.05) is 13.0 Å². The summed E-state index contributed by atoms with van der Waals surface area (Å²) in [6, 6.07) is 2.19. The molecule has 1 aliphatic carbocycles. The minimum atomic E-state index is -0.0874. The van der Waals surface area contributed by atoms with Crippen molar-refractivity contribution in [3.8, 4) is 0 Å². The summed E-state index contributed by atoms with van der Waals surface area (Å²) in [5, 5.41) is 9.91. The maximum Gasteiger partial charge on any atom is 0.317 e. The lowest BCUT2D eigenvalue weighted by atomic mass is 10.2. The maximum absolute atomic E-state index is 12.2. The fraction of sp³-hybridized carbons (Fsp3) is 0.722. The first kappa shape index (κ1) is 18.7. The number of nitrogens with zero attached hydrogens (tertiary/aromatic N) is 3. The van der Waals surface area contributed by atoms with Crippen LogP contribution in [-0.2, 0) is 11.3 Å². The number of hydrogen-bond donors (Lipinski definition) is 2. The third-order valence-electron chi connectivity index (χ3n) is 5.07. The molecule has 0 bridgehead atoms. The van der Waals surface area contributed by atoms with Gasteiger partial charge in [-0.2, -0.15) is 0 Å². The van der Waals surface area contributed by atoms with Crippen molar-refractivity contribution in [3.05, 3.63) is 17.5 Å². The van der Waals surface area contributed by atoms with Gasteiger partial charge >= 0.3 is 6.03 Å². The number of carbonyl (C=O) groups excluding carboxylic acids is 2. The molecule has 8 nitrogen and oxygen atoms in total. The number of amides is 3. The Morgan fingerprint density at radius 1 is 1.23 bits per heavy atom. The fourth-order valence-electron chi connectivity index (χ4n) is 3.60. The highest BCUT2D eigenvalue weighted by molar-refractivity contribution is 5.78. The summed E-state index contributed by atoms with van der Waals surface area (Å²) in [6.07, 6.45) is 4.90. The third-order valence-corrected chi connectivity index (χ3v) is 5.07. The summed E-state index contributed by atoms with van der Waals surface area (Å²) in [5.41, 5.74) is 0.925.